The number of nitriles is 1. The predicted molar refractivity (Wildman–Crippen MR) is 112 cm³/mol. The van der Waals surface area contributed by atoms with E-state index in [0.717, 1.165) is 26.9 Å². The molecular weight excluding hydrogens is 434 g/mol. The highest BCUT2D eigenvalue weighted by molar-refractivity contribution is 9.10. The van der Waals surface area contributed by atoms with Gasteiger partial charge < -0.3 is 15.8 Å². The van der Waals surface area contributed by atoms with Crippen molar-refractivity contribution < 1.29 is 9.53 Å². The van der Waals surface area contributed by atoms with Crippen LogP contribution in [-0.4, -0.2) is 16.1 Å². The lowest BCUT2D eigenvalue weighted by Gasteiger charge is -2.24. The van der Waals surface area contributed by atoms with E-state index in [2.05, 4.69) is 37.5 Å². The lowest BCUT2D eigenvalue weighted by Crippen LogP contribution is -2.21. The fourth-order valence-corrected chi connectivity index (χ4v) is 3.64. The molecule has 1 unspecified atom stereocenters. The predicted octanol–water partition coefficient (Wildman–Crippen LogP) is 4.02. The molecule has 2 aromatic carbocycles. The minimum atomic E-state index is -0.451. The van der Waals surface area contributed by atoms with E-state index in [-0.39, 0.29) is 11.8 Å². The topological polar surface area (TPSA) is 117 Å². The first-order valence-corrected chi connectivity index (χ1v) is 9.56. The average Bonchev–Trinajstić information content (AvgIpc) is 3.11. The average molecular weight is 450 g/mol. The number of hydrogen-bond donors (Lipinski definition) is 3. The lowest BCUT2D eigenvalue weighted by atomic mass is 9.83. The van der Waals surface area contributed by atoms with E-state index < -0.39 is 5.92 Å². The number of allylic oxidation sites excluding steroid dienone is 1. The largest absolute Gasteiger partial charge is 0.420 e. The monoisotopic (exact) mass is 449 g/mol. The molecular formula is C21H16BrN5O2. The number of ether oxygens (including phenoxy) is 1. The maximum Gasteiger partial charge on any atom is 0.244 e. The summed E-state index contributed by atoms with van der Waals surface area (Å²) in [6.45, 7) is 1.45. The van der Waals surface area contributed by atoms with Crippen LogP contribution < -0.4 is 15.8 Å². The van der Waals surface area contributed by atoms with Crippen molar-refractivity contribution >= 4 is 27.5 Å². The van der Waals surface area contributed by atoms with E-state index in [0.29, 0.717) is 17.1 Å². The third-order valence-corrected chi connectivity index (χ3v) is 5.16. The molecule has 0 saturated heterocycles. The molecule has 29 heavy (non-hydrogen) atoms. The molecule has 0 radical (unpaired) electrons. The van der Waals surface area contributed by atoms with Crippen LogP contribution in [-0.2, 0) is 4.79 Å². The zero-order valence-electron chi connectivity index (χ0n) is 15.4. The van der Waals surface area contributed by atoms with Gasteiger partial charge in [-0.3, -0.25) is 9.89 Å². The molecule has 0 saturated carbocycles. The van der Waals surface area contributed by atoms with E-state index in [1.54, 1.807) is 12.1 Å². The van der Waals surface area contributed by atoms with Crippen LogP contribution in [0.25, 0.3) is 11.3 Å². The van der Waals surface area contributed by atoms with Gasteiger partial charge in [-0.2, -0.15) is 5.26 Å². The van der Waals surface area contributed by atoms with E-state index >= 15 is 0 Å². The number of anilines is 1. The lowest BCUT2D eigenvalue weighted by molar-refractivity contribution is -0.114. The molecule has 1 aliphatic heterocycles. The van der Waals surface area contributed by atoms with Crippen molar-refractivity contribution in [1.29, 1.82) is 5.26 Å². The van der Waals surface area contributed by atoms with Gasteiger partial charge >= 0.3 is 0 Å². The summed E-state index contributed by atoms with van der Waals surface area (Å²) in [6.07, 6.45) is 0. The standard InChI is InChI=1S/C21H16BrN5O2/c1-11(28)25-15-8-4-12(5-9-15)17-16(10-23)20(24)29-21-18(17)19(26-27-21)13-2-6-14(22)7-3-13/h2-9,17H,24H2,1H3,(H,25,28)(H,26,27). The van der Waals surface area contributed by atoms with Gasteiger partial charge in [0.1, 0.15) is 11.6 Å². The highest BCUT2D eigenvalue weighted by Gasteiger charge is 2.35. The Balaban J connectivity index is 1.85. The summed E-state index contributed by atoms with van der Waals surface area (Å²) in [5.41, 5.74) is 10.2. The van der Waals surface area contributed by atoms with E-state index in [1.807, 2.05) is 36.4 Å². The van der Waals surface area contributed by atoms with Crippen molar-refractivity contribution in [2.45, 2.75) is 12.8 Å². The molecule has 7 nitrogen and oxygen atoms in total. The van der Waals surface area contributed by atoms with E-state index in [4.69, 9.17) is 10.5 Å². The van der Waals surface area contributed by atoms with Gasteiger partial charge in [-0.05, 0) is 29.8 Å². The van der Waals surface area contributed by atoms with Crippen LogP contribution in [0, 0.1) is 11.3 Å². The summed E-state index contributed by atoms with van der Waals surface area (Å²) < 4.78 is 6.57. The molecule has 0 fully saturated rings. The fraction of sp³-hybridized carbons (Fsp3) is 0.0952. The number of nitrogens with two attached hydrogens (primary N) is 1. The molecule has 0 aliphatic carbocycles. The van der Waals surface area contributed by atoms with Gasteiger partial charge in [0.15, 0.2) is 0 Å². The van der Waals surface area contributed by atoms with Gasteiger partial charge in [0.25, 0.3) is 0 Å². The van der Waals surface area contributed by atoms with Gasteiger partial charge in [-0.15, -0.1) is 5.10 Å². The molecule has 0 spiro atoms. The van der Waals surface area contributed by atoms with Crippen molar-refractivity contribution in [3.8, 4) is 23.2 Å². The number of nitrogens with one attached hydrogen (secondary N) is 2. The summed E-state index contributed by atoms with van der Waals surface area (Å²) in [5, 5.41) is 19.8. The number of benzene rings is 2. The second-order valence-electron chi connectivity index (χ2n) is 6.55. The Morgan fingerprint density at radius 2 is 1.93 bits per heavy atom. The first-order valence-electron chi connectivity index (χ1n) is 8.77. The van der Waals surface area contributed by atoms with Gasteiger partial charge in [-0.25, -0.2) is 0 Å². The molecule has 4 N–H and O–H groups in total. The number of hydrogen-bond acceptors (Lipinski definition) is 5. The highest BCUT2D eigenvalue weighted by Crippen LogP contribution is 2.45. The van der Waals surface area contributed by atoms with Gasteiger partial charge in [0.05, 0.1) is 17.2 Å². The molecule has 1 aliphatic rings. The molecule has 4 rings (SSSR count). The number of carbonyl (C=O) groups excluding carboxylic acids is 1. The summed E-state index contributed by atoms with van der Waals surface area (Å²) in [5.74, 6) is -0.229. The number of rotatable bonds is 3. The zero-order valence-corrected chi connectivity index (χ0v) is 16.9. The quantitative estimate of drug-likeness (QED) is 0.558. The number of H-pyrrole nitrogens is 1. The second kappa shape index (κ2) is 7.45. The molecule has 3 aromatic rings. The first-order chi connectivity index (χ1) is 14.0. The number of fused-ring (bicyclic) bond motifs is 1. The van der Waals surface area contributed by atoms with Crippen LogP contribution in [0.2, 0.25) is 0 Å². The molecule has 0 bridgehead atoms. The SMILES string of the molecule is CC(=O)Nc1ccc(C2C(C#N)=C(N)Oc3n[nH]c(-c4ccc(Br)cc4)c32)cc1. The summed E-state index contributed by atoms with van der Waals surface area (Å²) in [4.78, 5) is 11.3. The van der Waals surface area contributed by atoms with Crippen LogP contribution in [0.4, 0.5) is 5.69 Å². The number of aromatic nitrogens is 2. The third-order valence-electron chi connectivity index (χ3n) is 4.64. The fourth-order valence-electron chi connectivity index (χ4n) is 3.38. The van der Waals surface area contributed by atoms with Crippen molar-refractivity contribution in [1.82, 2.24) is 10.2 Å². The van der Waals surface area contributed by atoms with Crippen molar-refractivity contribution in [2.75, 3.05) is 5.32 Å². The Labute approximate surface area is 175 Å². The summed E-state index contributed by atoms with van der Waals surface area (Å²) in [6, 6.07) is 17.2. The normalized spacial score (nSPS) is 15.3. The molecule has 1 amide bonds. The van der Waals surface area contributed by atoms with E-state index in [9.17, 15) is 10.1 Å². The Morgan fingerprint density at radius 3 is 2.55 bits per heavy atom. The Morgan fingerprint density at radius 1 is 1.24 bits per heavy atom. The molecule has 8 heteroatoms. The van der Waals surface area contributed by atoms with Crippen LogP contribution in [0.1, 0.15) is 24.0 Å². The van der Waals surface area contributed by atoms with Crippen LogP contribution >= 0.6 is 15.9 Å². The van der Waals surface area contributed by atoms with Crippen molar-refractivity contribution in [3.05, 3.63) is 75.6 Å². The highest BCUT2D eigenvalue weighted by atomic mass is 79.9. The summed E-state index contributed by atoms with van der Waals surface area (Å²) >= 11 is 3.44. The maximum absolute atomic E-state index is 11.3. The molecule has 144 valence electrons. The Kier molecular flexibility index (Phi) is 4.82. The van der Waals surface area contributed by atoms with Gasteiger partial charge in [0.2, 0.25) is 17.7 Å². The summed E-state index contributed by atoms with van der Waals surface area (Å²) in [7, 11) is 0. The molecule has 2 heterocycles. The molecule has 1 aromatic heterocycles. The van der Waals surface area contributed by atoms with Gasteiger partial charge in [0, 0.05) is 22.6 Å². The maximum atomic E-state index is 11.3. The Bertz CT molecular complexity index is 1160. The number of halogens is 1. The van der Waals surface area contributed by atoms with E-state index in [1.165, 1.54) is 6.92 Å². The second-order valence-corrected chi connectivity index (χ2v) is 7.47. The van der Waals surface area contributed by atoms with Crippen molar-refractivity contribution in [2.24, 2.45) is 5.73 Å². The smallest absolute Gasteiger partial charge is 0.244 e. The third kappa shape index (κ3) is 3.48. The van der Waals surface area contributed by atoms with Crippen molar-refractivity contribution in [3.63, 3.8) is 0 Å². The number of aromatic amines is 1. The minimum Gasteiger partial charge on any atom is -0.420 e. The zero-order chi connectivity index (χ0) is 20.5. The van der Waals surface area contributed by atoms with Crippen LogP contribution in [0.3, 0.4) is 0 Å². The first kappa shape index (κ1) is 18.8. The number of amides is 1. The number of carbonyl (C=O) groups is 1. The minimum absolute atomic E-state index is 0.0322. The van der Waals surface area contributed by atoms with Gasteiger partial charge in [-0.1, -0.05) is 40.2 Å². The van der Waals surface area contributed by atoms with Crippen LogP contribution in [0.5, 0.6) is 5.88 Å². The number of nitrogens with zero attached hydrogens (tertiary/aromatic N) is 2. The van der Waals surface area contributed by atoms with Crippen LogP contribution in [0.15, 0.2) is 64.5 Å². The molecule has 1 atom stereocenters. The Hall–Kier alpha value is -3.57.